The second kappa shape index (κ2) is 8.53. The van der Waals surface area contributed by atoms with Gasteiger partial charge in [-0.2, -0.15) is 0 Å². The summed E-state index contributed by atoms with van der Waals surface area (Å²) in [7, 11) is 2.20. The highest BCUT2D eigenvalue weighted by atomic mass is 15.2. The van der Waals surface area contributed by atoms with E-state index < -0.39 is 0 Å². The Morgan fingerprint density at radius 2 is 1.82 bits per heavy atom. The lowest BCUT2D eigenvalue weighted by molar-refractivity contribution is 0.147. The number of nitrogen functional groups attached to an aromatic ring is 1. The van der Waals surface area contributed by atoms with Gasteiger partial charge >= 0.3 is 0 Å². The van der Waals surface area contributed by atoms with Crippen LogP contribution in [0.25, 0.3) is 33.1 Å². The van der Waals surface area contributed by atoms with Crippen LogP contribution in [-0.4, -0.2) is 59.2 Å². The number of aryl methyl sites for hydroxylation is 1. The van der Waals surface area contributed by atoms with E-state index in [1.165, 1.54) is 52.2 Å². The number of benzene rings is 2. The van der Waals surface area contributed by atoms with Gasteiger partial charge in [0.1, 0.15) is 0 Å². The number of hydrogen-bond acceptors (Lipinski definition) is 5. The number of H-pyrrole nitrogens is 1. The topological polar surface area (TPSA) is 85.0 Å². The van der Waals surface area contributed by atoms with E-state index in [9.17, 15) is 0 Å². The predicted octanol–water partition coefficient (Wildman–Crippen LogP) is 4.59. The molecule has 0 radical (unpaired) electrons. The quantitative estimate of drug-likeness (QED) is 0.312. The maximum atomic E-state index is 7.72. The third-order valence-electron chi connectivity index (χ3n) is 7.63. The number of pyridine rings is 1. The summed E-state index contributed by atoms with van der Waals surface area (Å²) in [6.45, 7) is 5.47. The van der Waals surface area contributed by atoms with Crippen LogP contribution in [0.1, 0.15) is 35.2 Å². The molecule has 0 atom stereocenters. The Labute approximate surface area is 200 Å². The Hall–Kier alpha value is -3.22. The average molecular weight is 453 g/mol. The summed E-state index contributed by atoms with van der Waals surface area (Å²) in [6, 6.07) is 12.7. The van der Waals surface area contributed by atoms with Crippen LogP contribution in [0.5, 0.6) is 0 Å². The molecule has 0 bridgehead atoms. The van der Waals surface area contributed by atoms with Gasteiger partial charge in [0.2, 0.25) is 0 Å². The summed E-state index contributed by atoms with van der Waals surface area (Å²) < 4.78 is 0. The lowest BCUT2D eigenvalue weighted by Gasteiger charge is -2.31. The molecule has 2 aromatic carbocycles. The fourth-order valence-electron chi connectivity index (χ4n) is 5.71. The second-order valence-electron chi connectivity index (χ2n) is 9.91. The summed E-state index contributed by atoms with van der Waals surface area (Å²) in [5.41, 5.74) is 15.9. The van der Waals surface area contributed by atoms with Gasteiger partial charge in [0.15, 0.2) is 0 Å². The first kappa shape index (κ1) is 21.3. The molecule has 2 aliphatic rings. The third kappa shape index (κ3) is 3.67. The van der Waals surface area contributed by atoms with Crippen LogP contribution < -0.4 is 5.73 Å². The van der Waals surface area contributed by atoms with E-state index in [1.807, 2.05) is 18.2 Å². The van der Waals surface area contributed by atoms with Crippen molar-refractivity contribution < 1.29 is 0 Å². The molecular weight excluding hydrogens is 420 g/mol. The Morgan fingerprint density at radius 1 is 1.03 bits per heavy atom. The number of aromatic nitrogens is 2. The highest BCUT2D eigenvalue weighted by Gasteiger charge is 2.22. The Morgan fingerprint density at radius 3 is 2.62 bits per heavy atom. The molecular formula is C28H32N6. The zero-order valence-corrected chi connectivity index (χ0v) is 19.8. The predicted molar refractivity (Wildman–Crippen MR) is 141 cm³/mol. The van der Waals surface area contributed by atoms with Gasteiger partial charge in [0, 0.05) is 77.7 Å². The minimum Gasteiger partial charge on any atom is -0.398 e. The van der Waals surface area contributed by atoms with Crippen LogP contribution in [0.2, 0.25) is 0 Å². The van der Waals surface area contributed by atoms with Crippen LogP contribution in [0, 0.1) is 5.41 Å². The molecule has 6 rings (SSSR count). The van der Waals surface area contributed by atoms with E-state index in [2.05, 4.69) is 40.0 Å². The monoisotopic (exact) mass is 452 g/mol. The highest BCUT2D eigenvalue weighted by Crippen LogP contribution is 2.39. The van der Waals surface area contributed by atoms with Crippen molar-refractivity contribution in [2.24, 2.45) is 0 Å². The van der Waals surface area contributed by atoms with E-state index in [-0.39, 0.29) is 0 Å². The van der Waals surface area contributed by atoms with Crippen LogP contribution in [0.15, 0.2) is 36.4 Å². The molecule has 3 heterocycles. The number of nitrogens with one attached hydrogen (secondary N) is 2. The number of rotatable bonds is 4. The fourth-order valence-corrected chi connectivity index (χ4v) is 5.71. The molecule has 0 unspecified atom stereocenters. The lowest BCUT2D eigenvalue weighted by Crippen LogP contribution is -2.43. The standard InChI is InChI=1S/C28H32N6/c1-33-10-12-34(13-11-33)17-20-15-23-25(31-20)8-9-26-27(23)21-4-2-3-5-22(21)28(32-26)18-6-7-24(30)19(14-18)16-29/h6-9,14-16,29,31H,2-5,10-13,17,30H2,1H3. The Bertz CT molecular complexity index is 1390. The van der Waals surface area contributed by atoms with Crippen molar-refractivity contribution in [3.8, 4) is 11.3 Å². The van der Waals surface area contributed by atoms with Crippen molar-refractivity contribution in [3.05, 3.63) is 58.8 Å². The molecule has 1 aliphatic heterocycles. The zero-order chi connectivity index (χ0) is 23.2. The Balaban J connectivity index is 1.48. The van der Waals surface area contributed by atoms with Crippen molar-refractivity contribution >= 4 is 33.7 Å². The molecule has 2 aromatic heterocycles. The summed E-state index contributed by atoms with van der Waals surface area (Å²) in [6.07, 6.45) is 5.88. The molecule has 6 heteroatoms. The van der Waals surface area contributed by atoms with Gasteiger partial charge in [-0.05, 0) is 74.2 Å². The first-order valence-electron chi connectivity index (χ1n) is 12.4. The van der Waals surface area contributed by atoms with Crippen LogP contribution >= 0.6 is 0 Å². The van der Waals surface area contributed by atoms with Gasteiger partial charge in [-0.15, -0.1) is 0 Å². The number of hydrogen-bond donors (Lipinski definition) is 3. The molecule has 1 aliphatic carbocycles. The van der Waals surface area contributed by atoms with Crippen LogP contribution in [0.3, 0.4) is 0 Å². The highest BCUT2D eigenvalue weighted by molar-refractivity contribution is 6.08. The SMILES string of the molecule is CN1CCN(Cc2cc3c(ccc4nc(-c5ccc(N)c(C=N)c5)c5c(c43)CCCC5)[nH]2)CC1. The number of nitrogens with zero attached hydrogens (tertiary/aromatic N) is 3. The number of piperazine rings is 1. The molecule has 0 saturated carbocycles. The average Bonchev–Trinajstić information content (AvgIpc) is 3.27. The minimum absolute atomic E-state index is 0.635. The molecule has 174 valence electrons. The van der Waals surface area contributed by atoms with E-state index in [1.54, 1.807) is 0 Å². The third-order valence-corrected chi connectivity index (χ3v) is 7.63. The van der Waals surface area contributed by atoms with Crippen molar-refractivity contribution in [2.75, 3.05) is 39.0 Å². The van der Waals surface area contributed by atoms with Crippen molar-refractivity contribution in [1.82, 2.24) is 19.8 Å². The second-order valence-corrected chi connectivity index (χ2v) is 9.91. The number of nitrogens with two attached hydrogens (primary N) is 1. The summed E-state index contributed by atoms with van der Waals surface area (Å²) >= 11 is 0. The van der Waals surface area contributed by atoms with E-state index in [0.29, 0.717) is 5.69 Å². The zero-order valence-electron chi connectivity index (χ0n) is 19.8. The van der Waals surface area contributed by atoms with E-state index in [4.69, 9.17) is 16.1 Å². The van der Waals surface area contributed by atoms with Crippen LogP contribution in [-0.2, 0) is 19.4 Å². The normalized spacial score (nSPS) is 17.3. The molecule has 4 aromatic rings. The molecule has 1 saturated heterocycles. The van der Waals surface area contributed by atoms with Crippen molar-refractivity contribution in [1.29, 1.82) is 5.41 Å². The Kier molecular flexibility index (Phi) is 5.35. The first-order chi connectivity index (χ1) is 16.6. The van der Waals surface area contributed by atoms with Gasteiger partial charge in [0.25, 0.3) is 0 Å². The lowest BCUT2D eigenvalue weighted by atomic mass is 9.85. The van der Waals surface area contributed by atoms with Crippen molar-refractivity contribution in [2.45, 2.75) is 32.2 Å². The number of likely N-dealkylation sites (N-methyl/N-ethyl adjacent to an activating group) is 1. The summed E-state index contributed by atoms with van der Waals surface area (Å²) in [5.74, 6) is 0. The minimum atomic E-state index is 0.635. The molecule has 34 heavy (non-hydrogen) atoms. The summed E-state index contributed by atoms with van der Waals surface area (Å²) in [5, 5.41) is 10.3. The van der Waals surface area contributed by atoms with E-state index in [0.717, 1.165) is 67.9 Å². The number of fused-ring (bicyclic) bond motifs is 5. The molecule has 0 amide bonds. The van der Waals surface area contributed by atoms with Gasteiger partial charge in [-0.1, -0.05) is 6.07 Å². The maximum Gasteiger partial charge on any atom is 0.0744 e. The fraction of sp³-hybridized carbons (Fsp3) is 0.357. The van der Waals surface area contributed by atoms with Gasteiger partial charge in [-0.3, -0.25) is 4.90 Å². The smallest absolute Gasteiger partial charge is 0.0744 e. The van der Waals surface area contributed by atoms with E-state index >= 15 is 0 Å². The molecule has 1 fully saturated rings. The number of aromatic amines is 1. The van der Waals surface area contributed by atoms with Crippen LogP contribution in [0.4, 0.5) is 5.69 Å². The van der Waals surface area contributed by atoms with Gasteiger partial charge in [0.05, 0.1) is 11.2 Å². The van der Waals surface area contributed by atoms with Gasteiger partial charge < -0.3 is 21.0 Å². The molecule has 0 spiro atoms. The summed E-state index contributed by atoms with van der Waals surface area (Å²) in [4.78, 5) is 13.8. The molecule has 6 nitrogen and oxygen atoms in total. The van der Waals surface area contributed by atoms with Gasteiger partial charge in [-0.25, -0.2) is 4.98 Å². The van der Waals surface area contributed by atoms with Crippen molar-refractivity contribution in [3.63, 3.8) is 0 Å². The largest absolute Gasteiger partial charge is 0.398 e. The maximum absolute atomic E-state index is 7.72. The first-order valence-corrected chi connectivity index (χ1v) is 12.4. The molecule has 4 N–H and O–H groups in total. The number of anilines is 1.